The number of rotatable bonds is 5. The number of hydrogen-bond acceptors (Lipinski definition) is 3. The van der Waals surface area contributed by atoms with Gasteiger partial charge in [0.25, 0.3) is 5.91 Å². The van der Waals surface area contributed by atoms with Crippen molar-refractivity contribution in [3.05, 3.63) is 63.6 Å². The Kier molecular flexibility index (Phi) is 6.02. The van der Waals surface area contributed by atoms with Crippen LogP contribution in [0.2, 0.25) is 10.0 Å². The fourth-order valence-corrected chi connectivity index (χ4v) is 2.28. The highest BCUT2D eigenvalue weighted by atomic mass is 35.5. The van der Waals surface area contributed by atoms with Crippen molar-refractivity contribution in [2.24, 2.45) is 5.10 Å². The molecule has 1 amide bonds. The molecule has 0 aliphatic rings. The molecule has 0 bridgehead atoms. The molecule has 120 valence electrons. The van der Waals surface area contributed by atoms with Crippen LogP contribution in [0.4, 0.5) is 0 Å². The van der Waals surface area contributed by atoms with Gasteiger partial charge in [-0.25, -0.2) is 5.43 Å². The van der Waals surface area contributed by atoms with Crippen molar-refractivity contribution in [1.29, 1.82) is 0 Å². The number of carbonyl (C=O) groups is 1. The molecule has 2 aromatic carbocycles. The number of nitrogens with zero attached hydrogens (tertiary/aromatic N) is 1. The van der Waals surface area contributed by atoms with E-state index >= 15 is 0 Å². The second-order valence-corrected chi connectivity index (χ2v) is 5.83. The predicted molar refractivity (Wildman–Crippen MR) is 93.5 cm³/mol. The molecule has 0 spiro atoms. The molecule has 1 N–H and O–H groups in total. The topological polar surface area (TPSA) is 50.7 Å². The maximum atomic E-state index is 12.0. The van der Waals surface area contributed by atoms with Crippen LogP contribution in [0.25, 0.3) is 0 Å². The standard InChI is InChI=1S/C17H16Cl2N2O2/c1-11-4-3-5-13(8-11)10-20-21-17(22)12(2)23-16-7-6-14(18)9-15(16)19/h3-10,12H,1-2H3,(H,21,22). The van der Waals surface area contributed by atoms with Gasteiger partial charge in [-0.3, -0.25) is 4.79 Å². The van der Waals surface area contributed by atoms with E-state index in [1.807, 2.05) is 31.2 Å². The third-order valence-electron chi connectivity index (χ3n) is 3.00. The Labute approximate surface area is 145 Å². The van der Waals surface area contributed by atoms with Gasteiger partial charge in [0.05, 0.1) is 11.2 Å². The second-order valence-electron chi connectivity index (χ2n) is 4.98. The van der Waals surface area contributed by atoms with Crippen LogP contribution in [0.15, 0.2) is 47.6 Å². The fraction of sp³-hybridized carbons (Fsp3) is 0.176. The normalized spacial score (nSPS) is 12.2. The Hall–Kier alpha value is -2.04. The van der Waals surface area contributed by atoms with E-state index in [9.17, 15) is 4.79 Å². The maximum Gasteiger partial charge on any atom is 0.280 e. The predicted octanol–water partition coefficient (Wildman–Crippen LogP) is 4.22. The average Bonchev–Trinajstić information content (AvgIpc) is 2.50. The summed E-state index contributed by atoms with van der Waals surface area (Å²) in [6, 6.07) is 12.6. The van der Waals surface area contributed by atoms with Crippen molar-refractivity contribution in [1.82, 2.24) is 5.43 Å². The van der Waals surface area contributed by atoms with Gasteiger partial charge in [-0.05, 0) is 37.6 Å². The van der Waals surface area contributed by atoms with Gasteiger partial charge in [-0.15, -0.1) is 0 Å². The molecule has 0 heterocycles. The summed E-state index contributed by atoms with van der Waals surface area (Å²) in [6.07, 6.45) is 0.829. The minimum Gasteiger partial charge on any atom is -0.479 e. The zero-order valence-corrected chi connectivity index (χ0v) is 14.2. The Morgan fingerprint density at radius 2 is 2.04 bits per heavy atom. The second kappa shape index (κ2) is 7.99. The number of carbonyl (C=O) groups excluding carboxylic acids is 1. The number of hydrogen-bond donors (Lipinski definition) is 1. The first-order chi connectivity index (χ1) is 11.0. The molecule has 23 heavy (non-hydrogen) atoms. The lowest BCUT2D eigenvalue weighted by Gasteiger charge is -2.14. The molecule has 0 radical (unpaired) electrons. The molecular weight excluding hydrogens is 335 g/mol. The van der Waals surface area contributed by atoms with E-state index in [4.69, 9.17) is 27.9 Å². The van der Waals surface area contributed by atoms with E-state index < -0.39 is 6.10 Å². The SMILES string of the molecule is Cc1cccc(C=NNC(=O)C(C)Oc2ccc(Cl)cc2Cl)c1. The van der Waals surface area contributed by atoms with Crippen LogP contribution in [-0.4, -0.2) is 18.2 Å². The first-order valence-electron chi connectivity index (χ1n) is 6.97. The van der Waals surface area contributed by atoms with Crippen LogP contribution >= 0.6 is 23.2 Å². The van der Waals surface area contributed by atoms with Gasteiger partial charge >= 0.3 is 0 Å². The molecular formula is C17H16Cl2N2O2. The van der Waals surface area contributed by atoms with Crippen molar-refractivity contribution < 1.29 is 9.53 Å². The molecule has 6 heteroatoms. The highest BCUT2D eigenvalue weighted by molar-refractivity contribution is 6.35. The van der Waals surface area contributed by atoms with E-state index in [1.165, 1.54) is 0 Å². The smallest absolute Gasteiger partial charge is 0.280 e. The van der Waals surface area contributed by atoms with Gasteiger partial charge in [-0.2, -0.15) is 5.10 Å². The molecule has 1 atom stereocenters. The van der Waals surface area contributed by atoms with Gasteiger partial charge < -0.3 is 4.74 Å². The molecule has 2 aromatic rings. The van der Waals surface area contributed by atoms with Crippen LogP contribution in [0, 0.1) is 6.92 Å². The third-order valence-corrected chi connectivity index (χ3v) is 3.53. The largest absolute Gasteiger partial charge is 0.479 e. The molecule has 1 unspecified atom stereocenters. The quantitative estimate of drug-likeness (QED) is 0.648. The lowest BCUT2D eigenvalue weighted by atomic mass is 10.2. The number of halogens is 2. The summed E-state index contributed by atoms with van der Waals surface area (Å²) in [6.45, 7) is 3.60. The van der Waals surface area contributed by atoms with Crippen molar-refractivity contribution >= 4 is 35.3 Å². The van der Waals surface area contributed by atoms with E-state index in [2.05, 4.69) is 10.5 Å². The maximum absolute atomic E-state index is 12.0. The van der Waals surface area contributed by atoms with Crippen LogP contribution in [0.3, 0.4) is 0 Å². The summed E-state index contributed by atoms with van der Waals surface area (Å²) in [5, 5.41) is 4.77. The zero-order chi connectivity index (χ0) is 16.8. The Morgan fingerprint density at radius 3 is 2.74 bits per heavy atom. The number of amides is 1. The minimum atomic E-state index is -0.747. The number of benzene rings is 2. The molecule has 0 fully saturated rings. The Bertz CT molecular complexity index is 732. The summed E-state index contributed by atoms with van der Waals surface area (Å²) < 4.78 is 5.51. The molecule has 2 rings (SSSR count). The van der Waals surface area contributed by atoms with Crippen molar-refractivity contribution in [3.8, 4) is 5.75 Å². The van der Waals surface area contributed by atoms with E-state index in [-0.39, 0.29) is 5.91 Å². The number of hydrazone groups is 1. The summed E-state index contributed by atoms with van der Waals surface area (Å²) in [7, 11) is 0. The van der Waals surface area contributed by atoms with Crippen molar-refractivity contribution in [3.63, 3.8) is 0 Å². The van der Waals surface area contributed by atoms with Crippen LogP contribution in [0.1, 0.15) is 18.1 Å². The summed E-state index contributed by atoms with van der Waals surface area (Å²) in [5.41, 5.74) is 4.46. The molecule has 0 aliphatic heterocycles. The highest BCUT2D eigenvalue weighted by Gasteiger charge is 2.15. The minimum absolute atomic E-state index is 0.348. The number of aryl methyl sites for hydroxylation is 1. The molecule has 0 saturated carbocycles. The fourth-order valence-electron chi connectivity index (χ4n) is 1.83. The van der Waals surface area contributed by atoms with Gasteiger partial charge in [0.2, 0.25) is 0 Å². The van der Waals surface area contributed by atoms with Gasteiger partial charge in [-0.1, -0.05) is 53.0 Å². The van der Waals surface area contributed by atoms with E-state index in [0.717, 1.165) is 11.1 Å². The molecule has 0 saturated heterocycles. The monoisotopic (exact) mass is 350 g/mol. The molecule has 0 aliphatic carbocycles. The number of ether oxygens (including phenoxy) is 1. The Morgan fingerprint density at radius 1 is 1.26 bits per heavy atom. The van der Waals surface area contributed by atoms with Gasteiger partial charge in [0.1, 0.15) is 5.75 Å². The van der Waals surface area contributed by atoms with Crippen LogP contribution in [0.5, 0.6) is 5.75 Å². The summed E-state index contributed by atoms with van der Waals surface area (Å²) in [4.78, 5) is 12.0. The zero-order valence-electron chi connectivity index (χ0n) is 12.7. The first-order valence-corrected chi connectivity index (χ1v) is 7.72. The van der Waals surface area contributed by atoms with Crippen LogP contribution in [-0.2, 0) is 4.79 Å². The first kappa shape index (κ1) is 17.3. The van der Waals surface area contributed by atoms with Crippen LogP contribution < -0.4 is 10.2 Å². The van der Waals surface area contributed by atoms with Gasteiger partial charge in [0.15, 0.2) is 6.10 Å². The molecule has 4 nitrogen and oxygen atoms in total. The van der Waals surface area contributed by atoms with E-state index in [1.54, 1.807) is 31.3 Å². The Balaban J connectivity index is 1.92. The van der Waals surface area contributed by atoms with Gasteiger partial charge in [0, 0.05) is 5.02 Å². The number of nitrogens with one attached hydrogen (secondary N) is 1. The van der Waals surface area contributed by atoms with Crippen molar-refractivity contribution in [2.75, 3.05) is 0 Å². The lowest BCUT2D eigenvalue weighted by Crippen LogP contribution is -2.33. The average molecular weight is 351 g/mol. The third kappa shape index (κ3) is 5.27. The van der Waals surface area contributed by atoms with E-state index in [0.29, 0.717) is 15.8 Å². The molecule has 0 aromatic heterocycles. The van der Waals surface area contributed by atoms with Crippen molar-refractivity contribution in [2.45, 2.75) is 20.0 Å². The summed E-state index contributed by atoms with van der Waals surface area (Å²) >= 11 is 11.8. The summed E-state index contributed by atoms with van der Waals surface area (Å²) in [5.74, 6) is 0.0151. The lowest BCUT2D eigenvalue weighted by molar-refractivity contribution is -0.127. The highest BCUT2D eigenvalue weighted by Crippen LogP contribution is 2.28.